The molecule has 8 heteroatoms. The molecule has 0 unspecified atom stereocenters. The minimum Gasteiger partial charge on any atom is -0.363 e. The number of benzene rings is 3. The van der Waals surface area contributed by atoms with Gasteiger partial charge < -0.3 is 4.90 Å². The van der Waals surface area contributed by atoms with E-state index in [1.165, 1.54) is 24.3 Å². The van der Waals surface area contributed by atoms with E-state index >= 15 is 0 Å². The van der Waals surface area contributed by atoms with Gasteiger partial charge in [0.2, 0.25) is 5.69 Å². The van der Waals surface area contributed by atoms with E-state index in [1.54, 1.807) is 36.4 Å². The van der Waals surface area contributed by atoms with Crippen LogP contribution in [-0.4, -0.2) is 24.0 Å². The van der Waals surface area contributed by atoms with Gasteiger partial charge in [-0.1, -0.05) is 48.0 Å². The number of hydrogen-bond donors (Lipinski definition) is 0. The molecule has 0 aromatic heterocycles. The summed E-state index contributed by atoms with van der Waals surface area (Å²) in [6.45, 7) is 9.29. The third kappa shape index (κ3) is 5.52. The van der Waals surface area contributed by atoms with Crippen LogP contribution in [0.25, 0.3) is 4.85 Å². The van der Waals surface area contributed by atoms with Crippen LogP contribution in [0.1, 0.15) is 23.1 Å². The third-order valence-corrected chi connectivity index (χ3v) is 6.36. The first-order valence-corrected chi connectivity index (χ1v) is 11.2. The van der Waals surface area contributed by atoms with Crippen molar-refractivity contribution in [1.29, 1.82) is 0 Å². The Bertz CT molecular complexity index is 1190. The van der Waals surface area contributed by atoms with Gasteiger partial charge in [-0.3, -0.25) is 4.90 Å². The van der Waals surface area contributed by atoms with Crippen molar-refractivity contribution in [3.63, 3.8) is 0 Å². The summed E-state index contributed by atoms with van der Waals surface area (Å²) in [4.78, 5) is 7.52. The van der Waals surface area contributed by atoms with Gasteiger partial charge >= 0.3 is 6.18 Å². The molecule has 176 valence electrons. The van der Waals surface area contributed by atoms with E-state index in [9.17, 15) is 17.6 Å². The van der Waals surface area contributed by atoms with Crippen LogP contribution in [0.5, 0.6) is 0 Å². The molecule has 0 N–H and O–H groups in total. The molecule has 3 nitrogen and oxygen atoms in total. The first-order valence-electron chi connectivity index (χ1n) is 10.8. The van der Waals surface area contributed by atoms with Crippen molar-refractivity contribution in [3.8, 4) is 0 Å². The lowest BCUT2D eigenvalue weighted by Gasteiger charge is -2.33. The highest BCUT2D eigenvalue weighted by atomic mass is 35.5. The van der Waals surface area contributed by atoms with Crippen LogP contribution >= 0.6 is 11.6 Å². The zero-order valence-corrected chi connectivity index (χ0v) is 19.0. The molecule has 0 saturated carbocycles. The second-order valence-corrected chi connectivity index (χ2v) is 8.74. The number of rotatable bonds is 6. The highest BCUT2D eigenvalue weighted by Crippen LogP contribution is 2.36. The van der Waals surface area contributed by atoms with Crippen LogP contribution in [0, 0.1) is 12.4 Å². The number of halogens is 5. The first kappa shape index (κ1) is 24.1. The van der Waals surface area contributed by atoms with Gasteiger partial charge in [0.15, 0.2) is 0 Å². The highest BCUT2D eigenvalue weighted by molar-refractivity contribution is 6.33. The fraction of sp³-hybridized carbons (Fsp3) is 0.269. The molecule has 1 aliphatic rings. The largest absolute Gasteiger partial charge is 0.416 e. The summed E-state index contributed by atoms with van der Waals surface area (Å²) < 4.78 is 54.2. The number of nitrogens with zero attached hydrogens (tertiary/aromatic N) is 3. The van der Waals surface area contributed by atoms with Gasteiger partial charge in [0.1, 0.15) is 5.82 Å². The number of anilines is 1. The van der Waals surface area contributed by atoms with E-state index in [0.29, 0.717) is 24.5 Å². The average Bonchev–Trinajstić information content (AvgIpc) is 3.26. The SMILES string of the molecule is [C-]#[N+]c1ccc(N(Cc2ccccc2C(F)(F)F)[C@H]2CCN(Cc3ccc(F)cc3)C2)cc1Cl. The van der Waals surface area contributed by atoms with Crippen molar-refractivity contribution < 1.29 is 17.6 Å². The molecule has 1 atom stereocenters. The summed E-state index contributed by atoms with van der Waals surface area (Å²) in [5.41, 5.74) is 1.45. The van der Waals surface area contributed by atoms with Crippen LogP contribution < -0.4 is 4.90 Å². The van der Waals surface area contributed by atoms with E-state index in [2.05, 4.69) is 9.74 Å². The molecule has 1 aliphatic heterocycles. The Morgan fingerprint density at radius 2 is 1.79 bits per heavy atom. The molecule has 0 aliphatic carbocycles. The van der Waals surface area contributed by atoms with Gasteiger partial charge in [0.05, 0.1) is 12.1 Å². The predicted octanol–water partition coefficient (Wildman–Crippen LogP) is 7.33. The quantitative estimate of drug-likeness (QED) is 0.266. The number of alkyl halides is 3. The van der Waals surface area contributed by atoms with Crippen LogP contribution in [-0.2, 0) is 19.3 Å². The molecular formula is C26H22ClF4N3. The summed E-state index contributed by atoms with van der Waals surface area (Å²) in [5.74, 6) is -0.294. The molecule has 0 spiro atoms. The molecule has 34 heavy (non-hydrogen) atoms. The minimum absolute atomic E-state index is 0.0540. The van der Waals surface area contributed by atoms with Crippen molar-refractivity contribution in [2.24, 2.45) is 0 Å². The van der Waals surface area contributed by atoms with Gasteiger partial charge in [0.25, 0.3) is 0 Å². The number of hydrogen-bond acceptors (Lipinski definition) is 2. The van der Waals surface area contributed by atoms with Crippen LogP contribution in [0.2, 0.25) is 5.02 Å². The van der Waals surface area contributed by atoms with Crippen LogP contribution in [0.3, 0.4) is 0 Å². The maximum Gasteiger partial charge on any atom is 0.416 e. The van der Waals surface area contributed by atoms with Gasteiger partial charge in [-0.05, 0) is 47.9 Å². The first-order chi connectivity index (χ1) is 16.2. The van der Waals surface area contributed by atoms with Gasteiger partial charge in [-0.25, -0.2) is 9.24 Å². The Hall–Kier alpha value is -3.08. The Labute approximate surface area is 201 Å². The maximum atomic E-state index is 13.7. The van der Waals surface area contributed by atoms with Gasteiger partial charge in [-0.15, -0.1) is 0 Å². The molecule has 1 saturated heterocycles. The summed E-state index contributed by atoms with van der Waals surface area (Å²) >= 11 is 6.27. The maximum absolute atomic E-state index is 13.7. The Morgan fingerprint density at radius 3 is 2.47 bits per heavy atom. The molecule has 1 heterocycles. The standard InChI is InChI=1S/C26H22ClF4N3/c1-32-25-11-10-21(14-24(25)27)34(16-19-4-2-3-5-23(19)26(29,30)31)22-12-13-33(17-22)15-18-6-8-20(28)9-7-18/h2-11,14,22H,12-13,15-17H2/t22-/m0/s1. The molecule has 4 rings (SSSR count). The summed E-state index contributed by atoms with van der Waals surface area (Å²) in [6.07, 6.45) is -3.71. The third-order valence-electron chi connectivity index (χ3n) is 6.05. The van der Waals surface area contributed by atoms with Crippen LogP contribution in [0.4, 0.5) is 28.9 Å². The van der Waals surface area contributed by atoms with Crippen molar-refractivity contribution >= 4 is 23.0 Å². The Kier molecular flexibility index (Phi) is 7.11. The second kappa shape index (κ2) is 10.0. The Morgan fingerprint density at radius 1 is 1.06 bits per heavy atom. The number of likely N-dealkylation sites (tertiary alicyclic amines) is 1. The lowest BCUT2D eigenvalue weighted by atomic mass is 10.0. The second-order valence-electron chi connectivity index (χ2n) is 8.33. The topological polar surface area (TPSA) is 10.8 Å². The van der Waals surface area contributed by atoms with Gasteiger partial charge in [0, 0.05) is 42.9 Å². The zero-order chi connectivity index (χ0) is 24.3. The van der Waals surface area contributed by atoms with Crippen molar-refractivity contribution in [2.75, 3.05) is 18.0 Å². The lowest BCUT2D eigenvalue weighted by molar-refractivity contribution is -0.138. The van der Waals surface area contributed by atoms with Crippen molar-refractivity contribution in [3.05, 3.63) is 106 Å². The fourth-order valence-electron chi connectivity index (χ4n) is 4.37. The van der Waals surface area contributed by atoms with Gasteiger partial charge in [-0.2, -0.15) is 13.2 Å². The molecule has 3 aromatic rings. The monoisotopic (exact) mass is 487 g/mol. The van der Waals surface area contributed by atoms with E-state index < -0.39 is 11.7 Å². The fourth-order valence-corrected chi connectivity index (χ4v) is 4.59. The van der Waals surface area contributed by atoms with Crippen molar-refractivity contribution in [1.82, 2.24) is 4.90 Å². The normalized spacial score (nSPS) is 16.4. The summed E-state index contributed by atoms with van der Waals surface area (Å²) in [7, 11) is 0. The molecule has 3 aromatic carbocycles. The average molecular weight is 488 g/mol. The van der Waals surface area contributed by atoms with Crippen LogP contribution in [0.15, 0.2) is 66.7 Å². The lowest BCUT2D eigenvalue weighted by Crippen LogP contribution is -2.37. The molecular weight excluding hydrogens is 466 g/mol. The smallest absolute Gasteiger partial charge is 0.363 e. The van der Waals surface area contributed by atoms with E-state index in [4.69, 9.17) is 18.2 Å². The van der Waals surface area contributed by atoms with Crippen molar-refractivity contribution in [2.45, 2.75) is 31.7 Å². The Balaban J connectivity index is 1.62. The highest BCUT2D eigenvalue weighted by Gasteiger charge is 2.35. The van der Waals surface area contributed by atoms with E-state index in [0.717, 1.165) is 24.6 Å². The molecule has 0 amide bonds. The molecule has 0 bridgehead atoms. The molecule has 1 fully saturated rings. The minimum atomic E-state index is -4.46. The summed E-state index contributed by atoms with van der Waals surface area (Å²) in [5, 5.41) is 0.266. The van der Waals surface area contributed by atoms with E-state index in [1.807, 2.05) is 4.90 Å². The predicted molar refractivity (Wildman–Crippen MR) is 125 cm³/mol. The zero-order valence-electron chi connectivity index (χ0n) is 18.2. The van der Waals surface area contributed by atoms with E-state index in [-0.39, 0.29) is 29.0 Å². The summed E-state index contributed by atoms with van der Waals surface area (Å²) in [6, 6.07) is 16.8. The molecule has 0 radical (unpaired) electrons.